The first-order chi connectivity index (χ1) is 6.77. The molecule has 0 atom stereocenters. The summed E-state index contributed by atoms with van der Waals surface area (Å²) in [5.74, 6) is 0.210. The van der Waals surface area contributed by atoms with Crippen LogP contribution in [0.4, 0.5) is 5.69 Å². The molecule has 0 unspecified atom stereocenters. The highest BCUT2D eigenvalue weighted by Crippen LogP contribution is 2.17. The number of aromatic hydroxyl groups is 1. The van der Waals surface area contributed by atoms with Gasteiger partial charge >= 0.3 is 0 Å². The third-order valence-electron chi connectivity index (χ3n) is 1.95. The van der Waals surface area contributed by atoms with Crippen LogP contribution in [0, 0.1) is 0 Å². The van der Waals surface area contributed by atoms with E-state index in [-0.39, 0.29) is 26.4 Å². The standard InChI is InChI=1S/C10H15NO3.CH4/c12-7-5-11(6-8-13)9-1-3-10(14)4-2-9;/h1-4,12-14H,5-8H2;1H4. The molecule has 1 rings (SSSR count). The van der Waals surface area contributed by atoms with E-state index >= 15 is 0 Å². The first-order valence-electron chi connectivity index (χ1n) is 4.53. The van der Waals surface area contributed by atoms with Gasteiger partial charge in [0.15, 0.2) is 0 Å². The molecule has 0 aromatic heterocycles. The molecule has 0 aliphatic heterocycles. The van der Waals surface area contributed by atoms with Gasteiger partial charge in [-0.15, -0.1) is 0 Å². The Morgan fingerprint density at radius 2 is 1.40 bits per heavy atom. The smallest absolute Gasteiger partial charge is 0.115 e. The maximum atomic E-state index is 9.08. The van der Waals surface area contributed by atoms with Crippen LogP contribution < -0.4 is 4.90 Å². The summed E-state index contributed by atoms with van der Waals surface area (Å²) in [5.41, 5.74) is 0.880. The minimum atomic E-state index is 0. The van der Waals surface area contributed by atoms with Crippen LogP contribution in [0.5, 0.6) is 5.75 Å². The normalized spacial score (nSPS) is 9.47. The zero-order valence-corrected chi connectivity index (χ0v) is 7.93. The second-order valence-electron chi connectivity index (χ2n) is 2.95. The van der Waals surface area contributed by atoms with Gasteiger partial charge in [-0.2, -0.15) is 0 Å². The van der Waals surface area contributed by atoms with Crippen molar-refractivity contribution in [1.29, 1.82) is 0 Å². The van der Waals surface area contributed by atoms with Gasteiger partial charge in [-0.25, -0.2) is 0 Å². The molecule has 0 saturated carbocycles. The number of rotatable bonds is 5. The number of aliphatic hydroxyl groups is 2. The zero-order chi connectivity index (χ0) is 10.4. The first-order valence-corrected chi connectivity index (χ1v) is 4.53. The van der Waals surface area contributed by atoms with Crippen molar-refractivity contribution in [2.24, 2.45) is 0 Å². The van der Waals surface area contributed by atoms with E-state index in [0.29, 0.717) is 13.1 Å². The summed E-state index contributed by atoms with van der Waals surface area (Å²) in [6.45, 7) is 1.04. The third kappa shape index (κ3) is 4.18. The predicted octanol–water partition coefficient (Wildman–Crippen LogP) is 0.819. The summed E-state index contributed by atoms with van der Waals surface area (Å²) in [4.78, 5) is 1.85. The summed E-state index contributed by atoms with van der Waals surface area (Å²) in [6.07, 6.45) is 0. The average molecular weight is 213 g/mol. The van der Waals surface area contributed by atoms with E-state index in [9.17, 15) is 0 Å². The number of aliphatic hydroxyl groups excluding tert-OH is 2. The lowest BCUT2D eigenvalue weighted by atomic mass is 10.2. The van der Waals surface area contributed by atoms with Gasteiger partial charge in [0, 0.05) is 18.8 Å². The van der Waals surface area contributed by atoms with Crippen LogP contribution in [-0.2, 0) is 0 Å². The van der Waals surface area contributed by atoms with Crippen LogP contribution in [-0.4, -0.2) is 41.6 Å². The molecule has 0 saturated heterocycles. The van der Waals surface area contributed by atoms with E-state index in [1.807, 2.05) is 4.90 Å². The predicted molar refractivity (Wildman–Crippen MR) is 61.2 cm³/mol. The highest BCUT2D eigenvalue weighted by atomic mass is 16.3. The maximum Gasteiger partial charge on any atom is 0.115 e. The Hall–Kier alpha value is -1.26. The molecular weight excluding hydrogens is 194 g/mol. The van der Waals surface area contributed by atoms with Gasteiger partial charge in [0.2, 0.25) is 0 Å². The average Bonchev–Trinajstić information content (AvgIpc) is 2.19. The Kier molecular flexibility index (Phi) is 6.49. The third-order valence-corrected chi connectivity index (χ3v) is 1.95. The van der Waals surface area contributed by atoms with Crippen LogP contribution in [0.3, 0.4) is 0 Å². The molecule has 0 spiro atoms. The fourth-order valence-electron chi connectivity index (χ4n) is 1.27. The van der Waals surface area contributed by atoms with Crippen molar-refractivity contribution in [1.82, 2.24) is 0 Å². The fourth-order valence-corrected chi connectivity index (χ4v) is 1.27. The summed E-state index contributed by atoms with van der Waals surface area (Å²) < 4.78 is 0. The van der Waals surface area contributed by atoms with Crippen LogP contribution in [0.25, 0.3) is 0 Å². The van der Waals surface area contributed by atoms with Crippen LogP contribution in [0.1, 0.15) is 7.43 Å². The van der Waals surface area contributed by atoms with Crippen LogP contribution >= 0.6 is 0 Å². The second kappa shape index (κ2) is 7.09. The van der Waals surface area contributed by atoms with Gasteiger partial charge in [-0.1, -0.05) is 7.43 Å². The molecular formula is C11H19NO3. The number of nitrogens with zero attached hydrogens (tertiary/aromatic N) is 1. The molecule has 0 bridgehead atoms. The number of hydrogen-bond acceptors (Lipinski definition) is 4. The van der Waals surface area contributed by atoms with Crippen molar-refractivity contribution in [3.8, 4) is 5.75 Å². The van der Waals surface area contributed by atoms with E-state index in [1.165, 1.54) is 0 Å². The van der Waals surface area contributed by atoms with Crippen molar-refractivity contribution in [2.75, 3.05) is 31.2 Å². The van der Waals surface area contributed by atoms with E-state index in [4.69, 9.17) is 15.3 Å². The molecule has 86 valence electrons. The lowest BCUT2D eigenvalue weighted by molar-refractivity contribution is 0.281. The van der Waals surface area contributed by atoms with Crippen molar-refractivity contribution >= 4 is 5.69 Å². The van der Waals surface area contributed by atoms with E-state index in [2.05, 4.69) is 0 Å². The Morgan fingerprint density at radius 1 is 0.933 bits per heavy atom. The molecule has 1 aromatic rings. The SMILES string of the molecule is C.OCCN(CCO)c1ccc(O)cc1. The van der Waals surface area contributed by atoms with Gasteiger partial charge in [0.1, 0.15) is 5.75 Å². The van der Waals surface area contributed by atoms with Crippen LogP contribution in [0.15, 0.2) is 24.3 Å². The maximum absolute atomic E-state index is 9.08. The lowest BCUT2D eigenvalue weighted by Gasteiger charge is -2.22. The van der Waals surface area contributed by atoms with Crippen molar-refractivity contribution < 1.29 is 15.3 Å². The summed E-state index contributed by atoms with van der Waals surface area (Å²) in [5, 5.41) is 26.7. The van der Waals surface area contributed by atoms with Crippen molar-refractivity contribution in [3.63, 3.8) is 0 Å². The van der Waals surface area contributed by atoms with Crippen molar-refractivity contribution in [3.05, 3.63) is 24.3 Å². The molecule has 1 aromatic carbocycles. The Morgan fingerprint density at radius 3 is 1.80 bits per heavy atom. The highest BCUT2D eigenvalue weighted by molar-refractivity contribution is 5.48. The highest BCUT2D eigenvalue weighted by Gasteiger charge is 2.04. The molecule has 3 N–H and O–H groups in total. The molecule has 4 heteroatoms. The number of benzene rings is 1. The fraction of sp³-hybridized carbons (Fsp3) is 0.455. The van der Waals surface area contributed by atoms with E-state index in [0.717, 1.165) is 5.69 Å². The number of hydrogen-bond donors (Lipinski definition) is 3. The van der Waals surface area contributed by atoms with E-state index < -0.39 is 0 Å². The molecule has 0 amide bonds. The van der Waals surface area contributed by atoms with Gasteiger partial charge in [-0.3, -0.25) is 0 Å². The van der Waals surface area contributed by atoms with Gasteiger partial charge < -0.3 is 20.2 Å². The summed E-state index contributed by atoms with van der Waals surface area (Å²) in [7, 11) is 0. The minimum Gasteiger partial charge on any atom is -0.508 e. The van der Waals surface area contributed by atoms with Crippen LogP contribution in [0.2, 0.25) is 0 Å². The molecule has 4 nitrogen and oxygen atoms in total. The topological polar surface area (TPSA) is 63.9 Å². The minimum absolute atomic E-state index is 0. The first kappa shape index (κ1) is 13.7. The molecule has 0 fully saturated rings. The number of phenols is 1. The Bertz CT molecular complexity index is 255. The zero-order valence-electron chi connectivity index (χ0n) is 7.93. The van der Waals surface area contributed by atoms with Gasteiger partial charge in [0.25, 0.3) is 0 Å². The molecule has 0 aliphatic carbocycles. The summed E-state index contributed by atoms with van der Waals surface area (Å²) in [6, 6.07) is 6.66. The molecule has 0 radical (unpaired) electrons. The summed E-state index contributed by atoms with van der Waals surface area (Å²) >= 11 is 0. The second-order valence-corrected chi connectivity index (χ2v) is 2.95. The number of phenolic OH excluding ortho intramolecular Hbond substituents is 1. The lowest BCUT2D eigenvalue weighted by Crippen LogP contribution is -2.29. The van der Waals surface area contributed by atoms with Gasteiger partial charge in [-0.05, 0) is 24.3 Å². The molecule has 0 heterocycles. The Balaban J connectivity index is 0.00000196. The largest absolute Gasteiger partial charge is 0.508 e. The van der Waals surface area contributed by atoms with Crippen molar-refractivity contribution in [2.45, 2.75) is 7.43 Å². The monoisotopic (exact) mass is 213 g/mol. The van der Waals surface area contributed by atoms with Gasteiger partial charge in [0.05, 0.1) is 13.2 Å². The molecule has 0 aliphatic rings. The van der Waals surface area contributed by atoms with E-state index in [1.54, 1.807) is 24.3 Å². The number of anilines is 1. The molecule has 15 heavy (non-hydrogen) atoms. The Labute approximate surface area is 90.4 Å². The quantitative estimate of drug-likeness (QED) is 0.677.